The Labute approximate surface area is 113 Å². The molecule has 3 rings (SSSR count). The molecular weight excluding hydrogens is 239 g/mol. The van der Waals surface area contributed by atoms with Gasteiger partial charge in [0.1, 0.15) is 11.5 Å². The minimum atomic E-state index is -0.231. The first kappa shape index (κ1) is 12.3. The summed E-state index contributed by atoms with van der Waals surface area (Å²) in [6.07, 6.45) is 0. The van der Waals surface area contributed by atoms with Crippen molar-refractivity contribution in [2.75, 3.05) is 13.2 Å². The molecule has 19 heavy (non-hydrogen) atoms. The van der Waals surface area contributed by atoms with E-state index in [1.807, 2.05) is 55.5 Å². The average molecular weight is 254 g/mol. The predicted octanol–water partition coefficient (Wildman–Crippen LogP) is 2.53. The first-order valence-electron chi connectivity index (χ1n) is 6.39. The van der Waals surface area contributed by atoms with Crippen LogP contribution in [0.25, 0.3) is 0 Å². The molecule has 0 amide bonds. The molecule has 0 bridgehead atoms. The van der Waals surface area contributed by atoms with Crippen molar-refractivity contribution in [3.05, 3.63) is 54.1 Å². The van der Waals surface area contributed by atoms with Crippen molar-refractivity contribution >= 4 is 12.6 Å². The molecule has 1 fully saturated rings. The Balaban J connectivity index is 1.79. The van der Waals surface area contributed by atoms with Crippen LogP contribution in [0.3, 0.4) is 0 Å². The van der Waals surface area contributed by atoms with Gasteiger partial charge in [0, 0.05) is 0 Å². The number of benzene rings is 2. The van der Waals surface area contributed by atoms with E-state index in [1.54, 1.807) is 0 Å². The van der Waals surface area contributed by atoms with Gasteiger partial charge in [-0.1, -0.05) is 24.3 Å². The fraction of sp³-hybridized carbons (Fsp3) is 0.200. The van der Waals surface area contributed by atoms with Crippen molar-refractivity contribution in [3.8, 4) is 11.5 Å². The molecule has 2 aromatic rings. The standard InChI is InChI=1S/C15H15BO3/c1-12-11-14(19-13-5-3-2-4-6-13)7-8-15(12)16-17-9-10-18-16/h2-8,11H,9-10H2,1H3. The van der Waals surface area contributed by atoms with Gasteiger partial charge in [-0.3, -0.25) is 0 Å². The highest BCUT2D eigenvalue weighted by molar-refractivity contribution is 6.62. The Morgan fingerprint density at radius 2 is 1.68 bits per heavy atom. The maximum absolute atomic E-state index is 5.80. The van der Waals surface area contributed by atoms with Gasteiger partial charge in [0.05, 0.1) is 13.2 Å². The fourth-order valence-corrected chi connectivity index (χ4v) is 2.14. The second kappa shape index (κ2) is 5.47. The fourth-order valence-electron chi connectivity index (χ4n) is 2.14. The Hall–Kier alpha value is -1.78. The summed E-state index contributed by atoms with van der Waals surface area (Å²) in [5.41, 5.74) is 2.18. The van der Waals surface area contributed by atoms with Crippen molar-refractivity contribution in [3.63, 3.8) is 0 Å². The lowest BCUT2D eigenvalue weighted by atomic mass is 9.76. The van der Waals surface area contributed by atoms with Crippen LogP contribution in [0, 0.1) is 6.92 Å². The molecule has 0 unspecified atom stereocenters. The van der Waals surface area contributed by atoms with Gasteiger partial charge in [-0.15, -0.1) is 0 Å². The lowest BCUT2D eigenvalue weighted by molar-refractivity contribution is 0.365. The number of ether oxygens (including phenoxy) is 1. The van der Waals surface area contributed by atoms with Crippen LogP contribution >= 0.6 is 0 Å². The van der Waals surface area contributed by atoms with Crippen LogP contribution in [-0.4, -0.2) is 20.3 Å². The molecule has 0 radical (unpaired) electrons. The van der Waals surface area contributed by atoms with Crippen molar-refractivity contribution in [1.82, 2.24) is 0 Å². The van der Waals surface area contributed by atoms with Crippen LogP contribution in [-0.2, 0) is 9.31 Å². The predicted molar refractivity (Wildman–Crippen MR) is 75.0 cm³/mol. The molecule has 96 valence electrons. The van der Waals surface area contributed by atoms with Gasteiger partial charge in [0.15, 0.2) is 0 Å². The van der Waals surface area contributed by atoms with Crippen LogP contribution < -0.4 is 10.2 Å². The monoisotopic (exact) mass is 254 g/mol. The second-order valence-corrected chi connectivity index (χ2v) is 4.51. The summed E-state index contributed by atoms with van der Waals surface area (Å²) in [6.45, 7) is 3.36. The molecule has 3 nitrogen and oxygen atoms in total. The normalized spacial score (nSPS) is 14.7. The van der Waals surface area contributed by atoms with E-state index in [0.717, 1.165) is 22.5 Å². The van der Waals surface area contributed by atoms with E-state index in [4.69, 9.17) is 14.0 Å². The average Bonchev–Trinajstić information content (AvgIpc) is 2.94. The first-order chi connectivity index (χ1) is 9.33. The summed E-state index contributed by atoms with van der Waals surface area (Å²) in [6, 6.07) is 15.7. The molecule has 1 aliphatic heterocycles. The number of rotatable bonds is 3. The lowest BCUT2D eigenvalue weighted by Crippen LogP contribution is -2.33. The van der Waals surface area contributed by atoms with Gasteiger partial charge in [0.2, 0.25) is 0 Å². The van der Waals surface area contributed by atoms with Crippen LogP contribution in [0.15, 0.2) is 48.5 Å². The first-order valence-corrected chi connectivity index (χ1v) is 6.39. The van der Waals surface area contributed by atoms with Gasteiger partial charge in [0.25, 0.3) is 0 Å². The maximum atomic E-state index is 5.80. The summed E-state index contributed by atoms with van der Waals surface area (Å²) >= 11 is 0. The highest BCUT2D eigenvalue weighted by atomic mass is 16.6. The van der Waals surface area contributed by atoms with Crippen LogP contribution in [0.2, 0.25) is 0 Å². The molecule has 0 aromatic heterocycles. The van der Waals surface area contributed by atoms with E-state index in [-0.39, 0.29) is 7.12 Å². The van der Waals surface area contributed by atoms with Crippen LogP contribution in [0.1, 0.15) is 5.56 Å². The highest BCUT2D eigenvalue weighted by Crippen LogP contribution is 2.21. The van der Waals surface area contributed by atoms with E-state index in [2.05, 4.69) is 0 Å². The Kier molecular flexibility index (Phi) is 3.53. The molecule has 0 aliphatic carbocycles. The minimum absolute atomic E-state index is 0.231. The number of aryl methyl sites for hydroxylation is 1. The number of para-hydroxylation sites is 1. The zero-order chi connectivity index (χ0) is 13.1. The molecule has 0 N–H and O–H groups in total. The molecule has 0 saturated carbocycles. The third-order valence-electron chi connectivity index (χ3n) is 3.10. The van der Waals surface area contributed by atoms with E-state index in [1.165, 1.54) is 0 Å². The molecular formula is C15H15BO3. The molecule has 0 spiro atoms. The highest BCUT2D eigenvalue weighted by Gasteiger charge is 2.27. The third kappa shape index (κ3) is 2.80. The van der Waals surface area contributed by atoms with Crippen molar-refractivity contribution < 1.29 is 14.0 Å². The summed E-state index contributed by atoms with van der Waals surface area (Å²) in [7, 11) is -0.231. The summed E-state index contributed by atoms with van der Waals surface area (Å²) in [5, 5.41) is 0. The lowest BCUT2D eigenvalue weighted by Gasteiger charge is -2.11. The van der Waals surface area contributed by atoms with E-state index < -0.39 is 0 Å². The molecule has 0 atom stereocenters. The van der Waals surface area contributed by atoms with Gasteiger partial charge in [-0.25, -0.2) is 0 Å². The van der Waals surface area contributed by atoms with Crippen LogP contribution in [0.4, 0.5) is 0 Å². The zero-order valence-electron chi connectivity index (χ0n) is 10.8. The van der Waals surface area contributed by atoms with E-state index in [9.17, 15) is 0 Å². The molecule has 2 aromatic carbocycles. The summed E-state index contributed by atoms with van der Waals surface area (Å²) in [5.74, 6) is 1.66. The van der Waals surface area contributed by atoms with Crippen molar-refractivity contribution in [2.24, 2.45) is 0 Å². The summed E-state index contributed by atoms with van der Waals surface area (Å²) < 4.78 is 16.8. The maximum Gasteiger partial charge on any atom is 0.494 e. The summed E-state index contributed by atoms with van der Waals surface area (Å²) in [4.78, 5) is 0. The Morgan fingerprint density at radius 3 is 2.37 bits per heavy atom. The SMILES string of the molecule is Cc1cc(Oc2ccccc2)ccc1B1OCCO1. The number of hydrogen-bond donors (Lipinski definition) is 0. The molecule has 1 heterocycles. The molecule has 1 aliphatic rings. The van der Waals surface area contributed by atoms with Crippen LogP contribution in [0.5, 0.6) is 11.5 Å². The molecule has 1 saturated heterocycles. The van der Waals surface area contributed by atoms with Crippen molar-refractivity contribution in [2.45, 2.75) is 6.92 Å². The second-order valence-electron chi connectivity index (χ2n) is 4.51. The van der Waals surface area contributed by atoms with Gasteiger partial charge in [-0.05, 0) is 42.2 Å². The van der Waals surface area contributed by atoms with Gasteiger partial charge < -0.3 is 14.0 Å². The third-order valence-corrected chi connectivity index (χ3v) is 3.10. The van der Waals surface area contributed by atoms with Crippen molar-refractivity contribution in [1.29, 1.82) is 0 Å². The van der Waals surface area contributed by atoms with E-state index in [0.29, 0.717) is 13.2 Å². The van der Waals surface area contributed by atoms with Gasteiger partial charge >= 0.3 is 7.12 Å². The topological polar surface area (TPSA) is 27.7 Å². The Morgan fingerprint density at radius 1 is 0.947 bits per heavy atom. The Bertz CT molecular complexity index is 551. The smallest absolute Gasteiger partial charge is 0.457 e. The minimum Gasteiger partial charge on any atom is -0.457 e. The van der Waals surface area contributed by atoms with Gasteiger partial charge in [-0.2, -0.15) is 0 Å². The zero-order valence-corrected chi connectivity index (χ0v) is 10.8. The van der Waals surface area contributed by atoms with E-state index >= 15 is 0 Å². The molecule has 4 heteroatoms. The quantitative estimate of drug-likeness (QED) is 0.788. The number of hydrogen-bond acceptors (Lipinski definition) is 3. The largest absolute Gasteiger partial charge is 0.494 e.